The molecular formula is C10H16N4. The molecule has 2 rings (SSSR count). The van der Waals surface area contributed by atoms with Crippen molar-refractivity contribution in [2.45, 2.75) is 38.3 Å². The Kier molecular flexibility index (Phi) is 2.63. The number of aryl methyl sites for hydroxylation is 1. The van der Waals surface area contributed by atoms with Gasteiger partial charge >= 0.3 is 0 Å². The van der Waals surface area contributed by atoms with Gasteiger partial charge in [0.25, 0.3) is 0 Å². The molecule has 0 aliphatic heterocycles. The van der Waals surface area contributed by atoms with Crippen molar-refractivity contribution < 1.29 is 0 Å². The molecule has 0 amide bonds. The van der Waals surface area contributed by atoms with Gasteiger partial charge in [0.2, 0.25) is 5.95 Å². The van der Waals surface area contributed by atoms with Crippen molar-refractivity contribution in [3.05, 3.63) is 18.0 Å². The number of rotatable bonds is 2. The summed E-state index contributed by atoms with van der Waals surface area (Å²) in [5.74, 6) is 0.701. The number of hydrogen-bond donors (Lipinski definition) is 2. The average Bonchev–Trinajstić information content (AvgIpc) is 2.52. The molecule has 4 heteroatoms. The van der Waals surface area contributed by atoms with E-state index in [1.54, 1.807) is 6.20 Å². The Morgan fingerprint density at radius 2 is 2.36 bits per heavy atom. The van der Waals surface area contributed by atoms with Gasteiger partial charge < -0.3 is 11.1 Å². The van der Waals surface area contributed by atoms with Crippen molar-refractivity contribution in [3.8, 4) is 0 Å². The van der Waals surface area contributed by atoms with Gasteiger partial charge in [-0.3, -0.25) is 0 Å². The molecule has 1 saturated carbocycles. The summed E-state index contributed by atoms with van der Waals surface area (Å²) in [6.45, 7) is 1.96. The predicted octanol–water partition coefficient (Wildman–Crippen LogP) is 1.08. The van der Waals surface area contributed by atoms with Crippen molar-refractivity contribution in [3.63, 3.8) is 0 Å². The molecule has 76 valence electrons. The maximum absolute atomic E-state index is 5.95. The van der Waals surface area contributed by atoms with Gasteiger partial charge in [0.1, 0.15) is 0 Å². The molecule has 3 N–H and O–H groups in total. The van der Waals surface area contributed by atoms with Gasteiger partial charge in [-0.1, -0.05) is 0 Å². The molecule has 1 heterocycles. The van der Waals surface area contributed by atoms with Crippen LogP contribution in [0.1, 0.15) is 25.0 Å². The second kappa shape index (κ2) is 3.92. The van der Waals surface area contributed by atoms with E-state index < -0.39 is 0 Å². The standard InChI is InChI=1S/C10H16N4/c1-7-5-6-12-10(13-7)14-9-4-2-3-8(9)11/h5-6,8-9H,2-4,11H2,1H3,(H,12,13,14). The normalized spacial score (nSPS) is 26.4. The van der Waals surface area contributed by atoms with Crippen molar-refractivity contribution in [2.75, 3.05) is 5.32 Å². The summed E-state index contributed by atoms with van der Waals surface area (Å²) in [5, 5.41) is 3.28. The van der Waals surface area contributed by atoms with Gasteiger partial charge in [0.05, 0.1) is 0 Å². The van der Waals surface area contributed by atoms with Gasteiger partial charge in [0.15, 0.2) is 0 Å². The van der Waals surface area contributed by atoms with Crippen LogP contribution in [0.25, 0.3) is 0 Å². The van der Waals surface area contributed by atoms with Crippen LogP contribution >= 0.6 is 0 Å². The van der Waals surface area contributed by atoms with Crippen LogP contribution in [0.2, 0.25) is 0 Å². The van der Waals surface area contributed by atoms with Crippen molar-refractivity contribution in [1.29, 1.82) is 0 Å². The fourth-order valence-corrected chi connectivity index (χ4v) is 1.85. The van der Waals surface area contributed by atoms with Crippen LogP contribution < -0.4 is 11.1 Å². The summed E-state index contributed by atoms with van der Waals surface area (Å²) in [4.78, 5) is 8.45. The highest BCUT2D eigenvalue weighted by atomic mass is 15.1. The molecule has 2 atom stereocenters. The fourth-order valence-electron chi connectivity index (χ4n) is 1.85. The van der Waals surface area contributed by atoms with E-state index in [4.69, 9.17) is 5.73 Å². The van der Waals surface area contributed by atoms with Crippen LogP contribution in [0, 0.1) is 6.92 Å². The lowest BCUT2D eigenvalue weighted by molar-refractivity contribution is 0.632. The molecule has 1 aromatic heterocycles. The molecule has 2 unspecified atom stereocenters. The first-order valence-corrected chi connectivity index (χ1v) is 5.07. The molecule has 1 aliphatic rings. The third-order valence-electron chi connectivity index (χ3n) is 2.68. The molecule has 14 heavy (non-hydrogen) atoms. The first-order chi connectivity index (χ1) is 6.75. The van der Waals surface area contributed by atoms with Gasteiger partial charge in [-0.25, -0.2) is 9.97 Å². The Balaban J connectivity index is 2.03. The van der Waals surface area contributed by atoms with Gasteiger partial charge in [0, 0.05) is 24.0 Å². The van der Waals surface area contributed by atoms with Crippen LogP contribution in [-0.4, -0.2) is 22.1 Å². The zero-order valence-electron chi connectivity index (χ0n) is 8.40. The lowest BCUT2D eigenvalue weighted by atomic mass is 10.2. The summed E-state index contributed by atoms with van der Waals surface area (Å²) >= 11 is 0. The van der Waals surface area contributed by atoms with E-state index in [9.17, 15) is 0 Å². The quantitative estimate of drug-likeness (QED) is 0.736. The topological polar surface area (TPSA) is 63.8 Å². The Hall–Kier alpha value is -1.16. The summed E-state index contributed by atoms with van der Waals surface area (Å²) in [6.07, 6.45) is 5.19. The highest BCUT2D eigenvalue weighted by molar-refractivity contribution is 5.27. The average molecular weight is 192 g/mol. The van der Waals surface area contributed by atoms with Crippen molar-refractivity contribution >= 4 is 5.95 Å². The third kappa shape index (κ3) is 2.01. The van der Waals surface area contributed by atoms with E-state index >= 15 is 0 Å². The molecule has 4 nitrogen and oxygen atoms in total. The minimum atomic E-state index is 0.249. The lowest BCUT2D eigenvalue weighted by Crippen LogP contribution is -2.35. The zero-order chi connectivity index (χ0) is 9.97. The molecule has 1 aliphatic carbocycles. The first kappa shape index (κ1) is 9.40. The maximum Gasteiger partial charge on any atom is 0.223 e. The van der Waals surface area contributed by atoms with E-state index in [-0.39, 0.29) is 6.04 Å². The Morgan fingerprint density at radius 1 is 1.50 bits per heavy atom. The Bertz CT molecular complexity index is 313. The molecule has 0 radical (unpaired) electrons. The second-order valence-corrected chi connectivity index (χ2v) is 3.87. The SMILES string of the molecule is Cc1ccnc(NC2CCCC2N)n1. The van der Waals surface area contributed by atoms with Crippen molar-refractivity contribution in [2.24, 2.45) is 5.73 Å². The second-order valence-electron chi connectivity index (χ2n) is 3.87. The van der Waals surface area contributed by atoms with E-state index in [2.05, 4.69) is 15.3 Å². The van der Waals surface area contributed by atoms with Crippen LogP contribution in [-0.2, 0) is 0 Å². The van der Waals surface area contributed by atoms with Gasteiger partial charge in [-0.05, 0) is 32.3 Å². The number of nitrogens with one attached hydrogen (secondary N) is 1. The zero-order valence-corrected chi connectivity index (χ0v) is 8.40. The summed E-state index contributed by atoms with van der Waals surface area (Å²) < 4.78 is 0. The number of nitrogens with two attached hydrogens (primary N) is 1. The first-order valence-electron chi connectivity index (χ1n) is 5.07. The highest BCUT2D eigenvalue weighted by Gasteiger charge is 2.24. The number of nitrogens with zero attached hydrogens (tertiary/aromatic N) is 2. The molecule has 1 aromatic rings. The van der Waals surface area contributed by atoms with Crippen LogP contribution in [0.15, 0.2) is 12.3 Å². The molecule has 1 fully saturated rings. The molecule has 0 spiro atoms. The Morgan fingerprint density at radius 3 is 3.00 bits per heavy atom. The minimum Gasteiger partial charge on any atom is -0.350 e. The monoisotopic (exact) mass is 192 g/mol. The maximum atomic E-state index is 5.95. The molecule has 0 saturated heterocycles. The number of aromatic nitrogens is 2. The third-order valence-corrected chi connectivity index (χ3v) is 2.68. The van der Waals surface area contributed by atoms with Gasteiger partial charge in [-0.15, -0.1) is 0 Å². The van der Waals surface area contributed by atoms with E-state index in [1.807, 2.05) is 13.0 Å². The number of anilines is 1. The summed E-state index contributed by atoms with van der Waals surface area (Å²) in [7, 11) is 0. The summed E-state index contributed by atoms with van der Waals surface area (Å²) in [6, 6.07) is 2.48. The summed E-state index contributed by atoms with van der Waals surface area (Å²) in [5.41, 5.74) is 6.93. The fraction of sp³-hybridized carbons (Fsp3) is 0.600. The molecular weight excluding hydrogens is 176 g/mol. The van der Waals surface area contributed by atoms with Crippen LogP contribution in [0.5, 0.6) is 0 Å². The van der Waals surface area contributed by atoms with Crippen LogP contribution in [0.4, 0.5) is 5.95 Å². The van der Waals surface area contributed by atoms with E-state index in [1.165, 1.54) is 6.42 Å². The highest BCUT2D eigenvalue weighted by Crippen LogP contribution is 2.19. The van der Waals surface area contributed by atoms with Crippen LogP contribution in [0.3, 0.4) is 0 Å². The molecule has 0 aromatic carbocycles. The van der Waals surface area contributed by atoms with Crippen molar-refractivity contribution in [1.82, 2.24) is 9.97 Å². The lowest BCUT2D eigenvalue weighted by Gasteiger charge is -2.16. The van der Waals surface area contributed by atoms with Gasteiger partial charge in [-0.2, -0.15) is 0 Å². The Labute approximate surface area is 83.9 Å². The number of hydrogen-bond acceptors (Lipinski definition) is 4. The smallest absolute Gasteiger partial charge is 0.223 e. The van der Waals surface area contributed by atoms with E-state index in [0.717, 1.165) is 18.5 Å². The predicted molar refractivity (Wildman–Crippen MR) is 56.0 cm³/mol. The minimum absolute atomic E-state index is 0.249. The van der Waals surface area contributed by atoms with E-state index in [0.29, 0.717) is 12.0 Å². The molecule has 0 bridgehead atoms. The largest absolute Gasteiger partial charge is 0.350 e.